The number of unbranched alkanes of at least 4 members (excludes halogenated alkanes) is 1. The number of nitrogens with zero attached hydrogens (tertiary/aromatic N) is 1. The Kier molecular flexibility index (Phi) is 11.1. The molecule has 0 fully saturated rings. The van der Waals surface area contributed by atoms with E-state index in [1.165, 1.54) is 12.8 Å². The number of rotatable bonds is 11. The van der Waals surface area contributed by atoms with Gasteiger partial charge in [0, 0.05) is 0 Å². The molecule has 1 atom stereocenters. The van der Waals surface area contributed by atoms with Gasteiger partial charge in [-0.05, 0) is 52.9 Å². The first kappa shape index (κ1) is 17.4. The van der Waals surface area contributed by atoms with Gasteiger partial charge in [0.1, 0.15) is 6.04 Å². The summed E-state index contributed by atoms with van der Waals surface area (Å²) in [6.45, 7) is 9.49. The van der Waals surface area contributed by atoms with Crippen LogP contribution in [0.4, 0.5) is 0 Å². The SMILES string of the molecule is CCCCN(C)CCC(NCCC)C(=O)OCC. The number of ether oxygens (including phenoxy) is 1. The van der Waals surface area contributed by atoms with Crippen molar-refractivity contribution in [3.05, 3.63) is 0 Å². The molecule has 4 nitrogen and oxygen atoms in total. The van der Waals surface area contributed by atoms with E-state index >= 15 is 0 Å². The van der Waals surface area contributed by atoms with E-state index in [9.17, 15) is 4.79 Å². The van der Waals surface area contributed by atoms with Crippen LogP contribution in [0.2, 0.25) is 0 Å². The molecule has 0 aromatic heterocycles. The first-order valence-corrected chi connectivity index (χ1v) is 7.24. The smallest absolute Gasteiger partial charge is 0.323 e. The van der Waals surface area contributed by atoms with E-state index in [1.807, 2.05) is 6.92 Å². The Morgan fingerprint density at radius 1 is 1.22 bits per heavy atom. The third-order valence-electron chi connectivity index (χ3n) is 2.90. The summed E-state index contributed by atoms with van der Waals surface area (Å²) in [5.74, 6) is -0.116. The number of nitrogens with one attached hydrogen (secondary N) is 1. The van der Waals surface area contributed by atoms with E-state index in [2.05, 4.69) is 31.1 Å². The van der Waals surface area contributed by atoms with Crippen LogP contribution < -0.4 is 5.32 Å². The molecule has 0 bridgehead atoms. The van der Waals surface area contributed by atoms with Crippen LogP contribution in [0.25, 0.3) is 0 Å². The maximum atomic E-state index is 11.8. The fourth-order valence-electron chi connectivity index (χ4n) is 1.75. The Bertz CT molecular complexity index is 210. The summed E-state index contributed by atoms with van der Waals surface area (Å²) in [6.07, 6.45) is 4.27. The largest absolute Gasteiger partial charge is 0.465 e. The zero-order chi connectivity index (χ0) is 13.8. The number of hydrogen-bond acceptors (Lipinski definition) is 4. The van der Waals surface area contributed by atoms with E-state index in [0.717, 1.165) is 32.5 Å². The number of carbonyl (C=O) groups is 1. The van der Waals surface area contributed by atoms with Crippen molar-refractivity contribution in [2.75, 3.05) is 33.3 Å². The van der Waals surface area contributed by atoms with Crippen molar-refractivity contribution in [2.45, 2.75) is 52.5 Å². The van der Waals surface area contributed by atoms with Crippen molar-refractivity contribution < 1.29 is 9.53 Å². The summed E-state index contributed by atoms with van der Waals surface area (Å²) in [7, 11) is 2.11. The number of esters is 1. The van der Waals surface area contributed by atoms with Crippen molar-refractivity contribution in [1.82, 2.24) is 10.2 Å². The zero-order valence-electron chi connectivity index (χ0n) is 12.5. The quantitative estimate of drug-likeness (QED) is 0.576. The lowest BCUT2D eigenvalue weighted by Gasteiger charge is -2.21. The highest BCUT2D eigenvalue weighted by Crippen LogP contribution is 2.00. The van der Waals surface area contributed by atoms with Crippen LogP contribution >= 0.6 is 0 Å². The van der Waals surface area contributed by atoms with Gasteiger partial charge in [-0.25, -0.2) is 0 Å². The third-order valence-corrected chi connectivity index (χ3v) is 2.90. The highest BCUT2D eigenvalue weighted by Gasteiger charge is 2.18. The molecule has 0 saturated heterocycles. The Morgan fingerprint density at radius 3 is 2.50 bits per heavy atom. The van der Waals surface area contributed by atoms with Gasteiger partial charge in [-0.15, -0.1) is 0 Å². The van der Waals surface area contributed by atoms with Crippen LogP contribution in [-0.4, -0.2) is 50.2 Å². The summed E-state index contributed by atoms with van der Waals surface area (Å²) in [4.78, 5) is 14.1. The normalized spacial score (nSPS) is 12.7. The maximum Gasteiger partial charge on any atom is 0.323 e. The predicted molar refractivity (Wildman–Crippen MR) is 75.7 cm³/mol. The van der Waals surface area contributed by atoms with Crippen LogP contribution in [0.5, 0.6) is 0 Å². The van der Waals surface area contributed by atoms with Crippen molar-refractivity contribution >= 4 is 5.97 Å². The molecule has 0 aliphatic carbocycles. The molecule has 0 saturated carbocycles. The second-order valence-electron chi connectivity index (χ2n) is 4.70. The Balaban J connectivity index is 4.02. The molecule has 0 spiro atoms. The van der Waals surface area contributed by atoms with Gasteiger partial charge in [-0.1, -0.05) is 20.3 Å². The molecule has 0 aliphatic rings. The molecule has 0 radical (unpaired) electrons. The van der Waals surface area contributed by atoms with Crippen molar-refractivity contribution in [3.63, 3.8) is 0 Å². The van der Waals surface area contributed by atoms with E-state index in [0.29, 0.717) is 6.61 Å². The third kappa shape index (κ3) is 8.48. The Labute approximate surface area is 112 Å². The van der Waals surface area contributed by atoms with E-state index in [1.54, 1.807) is 0 Å². The van der Waals surface area contributed by atoms with Crippen LogP contribution in [-0.2, 0) is 9.53 Å². The van der Waals surface area contributed by atoms with Crippen LogP contribution in [0, 0.1) is 0 Å². The van der Waals surface area contributed by atoms with Crippen LogP contribution in [0.3, 0.4) is 0 Å². The summed E-state index contributed by atoms with van der Waals surface area (Å²) < 4.78 is 5.09. The van der Waals surface area contributed by atoms with Gasteiger partial charge in [0.05, 0.1) is 6.61 Å². The molecular formula is C14H30N2O2. The summed E-state index contributed by atoms with van der Waals surface area (Å²) in [6, 6.07) is -0.158. The van der Waals surface area contributed by atoms with E-state index in [-0.39, 0.29) is 12.0 Å². The molecule has 0 amide bonds. The van der Waals surface area contributed by atoms with Crippen molar-refractivity contribution in [1.29, 1.82) is 0 Å². The predicted octanol–water partition coefficient (Wildman–Crippen LogP) is 2.04. The van der Waals surface area contributed by atoms with Gasteiger partial charge < -0.3 is 15.0 Å². The molecule has 4 heteroatoms. The molecule has 0 heterocycles. The van der Waals surface area contributed by atoms with Crippen molar-refractivity contribution in [2.24, 2.45) is 0 Å². The number of hydrogen-bond donors (Lipinski definition) is 1. The second kappa shape index (κ2) is 11.5. The average molecular weight is 258 g/mol. The van der Waals surface area contributed by atoms with Gasteiger partial charge in [-0.2, -0.15) is 0 Å². The highest BCUT2D eigenvalue weighted by molar-refractivity contribution is 5.75. The Hall–Kier alpha value is -0.610. The molecule has 108 valence electrons. The fraction of sp³-hybridized carbons (Fsp3) is 0.929. The fourth-order valence-corrected chi connectivity index (χ4v) is 1.75. The van der Waals surface area contributed by atoms with Crippen LogP contribution in [0.1, 0.15) is 46.5 Å². The second-order valence-corrected chi connectivity index (χ2v) is 4.70. The first-order chi connectivity index (χ1) is 8.65. The molecule has 1 unspecified atom stereocenters. The van der Waals surface area contributed by atoms with Gasteiger partial charge >= 0.3 is 5.97 Å². The molecule has 1 N–H and O–H groups in total. The summed E-state index contributed by atoms with van der Waals surface area (Å²) in [5.41, 5.74) is 0. The molecule has 0 aromatic carbocycles. The topological polar surface area (TPSA) is 41.6 Å². The average Bonchev–Trinajstić information content (AvgIpc) is 2.36. The summed E-state index contributed by atoms with van der Waals surface area (Å²) in [5, 5.41) is 3.26. The molecule has 0 aromatic rings. The maximum absolute atomic E-state index is 11.8. The van der Waals surface area contributed by atoms with Crippen molar-refractivity contribution in [3.8, 4) is 0 Å². The molecular weight excluding hydrogens is 228 g/mol. The minimum atomic E-state index is -0.158. The van der Waals surface area contributed by atoms with Gasteiger partial charge in [-0.3, -0.25) is 4.79 Å². The van der Waals surface area contributed by atoms with Gasteiger partial charge in [0.25, 0.3) is 0 Å². The minimum Gasteiger partial charge on any atom is -0.465 e. The monoisotopic (exact) mass is 258 g/mol. The zero-order valence-corrected chi connectivity index (χ0v) is 12.5. The lowest BCUT2D eigenvalue weighted by atomic mass is 10.2. The lowest BCUT2D eigenvalue weighted by molar-refractivity contribution is -0.145. The minimum absolute atomic E-state index is 0.116. The lowest BCUT2D eigenvalue weighted by Crippen LogP contribution is -2.41. The first-order valence-electron chi connectivity index (χ1n) is 7.24. The van der Waals surface area contributed by atoms with Crippen LogP contribution in [0.15, 0.2) is 0 Å². The highest BCUT2D eigenvalue weighted by atomic mass is 16.5. The van der Waals surface area contributed by atoms with Gasteiger partial charge in [0.2, 0.25) is 0 Å². The number of carbonyl (C=O) groups excluding carboxylic acids is 1. The van der Waals surface area contributed by atoms with Gasteiger partial charge in [0.15, 0.2) is 0 Å². The standard InChI is InChI=1S/C14H30N2O2/c1-5-8-11-16(4)12-9-13(15-10-6-2)14(17)18-7-3/h13,15H,5-12H2,1-4H3. The molecule has 0 aliphatic heterocycles. The van der Waals surface area contributed by atoms with E-state index < -0.39 is 0 Å². The van der Waals surface area contributed by atoms with E-state index in [4.69, 9.17) is 4.74 Å². The molecule has 0 rings (SSSR count). The molecule has 18 heavy (non-hydrogen) atoms. The Morgan fingerprint density at radius 2 is 1.94 bits per heavy atom. The summed E-state index contributed by atoms with van der Waals surface area (Å²) >= 11 is 0.